The Morgan fingerprint density at radius 2 is 1.76 bits per heavy atom. The van der Waals surface area contributed by atoms with Gasteiger partial charge in [-0.3, -0.25) is 14.9 Å². The molecule has 0 N–H and O–H groups in total. The first kappa shape index (κ1) is 21.2. The minimum atomic E-state index is -0.433. The zero-order valence-corrected chi connectivity index (χ0v) is 18.4. The Bertz CT molecular complexity index is 1360. The highest BCUT2D eigenvalue weighted by Gasteiger charge is 2.26. The number of pyridine rings is 1. The minimum absolute atomic E-state index is 0.0864. The second-order valence-corrected chi connectivity index (χ2v) is 8.23. The van der Waals surface area contributed by atoms with Crippen LogP contribution in [0.4, 0.5) is 11.4 Å². The van der Waals surface area contributed by atoms with Gasteiger partial charge in [0.1, 0.15) is 11.4 Å². The van der Waals surface area contributed by atoms with Crippen molar-refractivity contribution in [2.45, 2.75) is 0 Å². The van der Waals surface area contributed by atoms with Crippen LogP contribution in [0.3, 0.4) is 0 Å². The van der Waals surface area contributed by atoms with Crippen molar-refractivity contribution in [2.24, 2.45) is 0 Å². The minimum Gasteiger partial charge on any atom is -0.378 e. The van der Waals surface area contributed by atoms with E-state index in [2.05, 4.69) is 0 Å². The van der Waals surface area contributed by atoms with Gasteiger partial charge >= 0.3 is 0 Å². The fourth-order valence-electron chi connectivity index (χ4n) is 4.22. The molecule has 0 radical (unpaired) electrons. The summed E-state index contributed by atoms with van der Waals surface area (Å²) in [5, 5.41) is 12.5. The van der Waals surface area contributed by atoms with Crippen LogP contribution in [0.1, 0.15) is 16.1 Å². The molecule has 1 aliphatic heterocycles. The summed E-state index contributed by atoms with van der Waals surface area (Å²) in [5.41, 5.74) is 3.55. The highest BCUT2D eigenvalue weighted by molar-refractivity contribution is 6.30. The first-order chi connectivity index (χ1) is 16.0. The summed E-state index contributed by atoms with van der Waals surface area (Å²) in [6.07, 6.45) is 1.82. The van der Waals surface area contributed by atoms with Crippen molar-refractivity contribution in [1.82, 2.24) is 4.40 Å². The highest BCUT2D eigenvalue weighted by atomic mass is 35.5. The summed E-state index contributed by atoms with van der Waals surface area (Å²) in [6, 6.07) is 19.6. The third-order valence-corrected chi connectivity index (χ3v) is 6.09. The predicted molar refractivity (Wildman–Crippen MR) is 127 cm³/mol. The van der Waals surface area contributed by atoms with E-state index >= 15 is 0 Å². The molecule has 0 amide bonds. The van der Waals surface area contributed by atoms with Gasteiger partial charge in [-0.05, 0) is 48.0 Å². The SMILES string of the molecule is O=C(c1ccc(N2CCOCC2)c([N+](=O)[O-])c1)c1c(-c2ccc(Cl)cc2)cc2ccccn12. The molecule has 0 atom stereocenters. The maximum Gasteiger partial charge on any atom is 0.293 e. The maximum atomic E-state index is 13.7. The Kier molecular flexibility index (Phi) is 5.58. The second-order valence-electron chi connectivity index (χ2n) is 7.80. The average molecular weight is 462 g/mol. The van der Waals surface area contributed by atoms with Gasteiger partial charge in [-0.1, -0.05) is 29.8 Å². The average Bonchev–Trinajstić information content (AvgIpc) is 3.23. The summed E-state index contributed by atoms with van der Waals surface area (Å²) in [5.74, 6) is -0.289. The second kappa shape index (κ2) is 8.69. The van der Waals surface area contributed by atoms with E-state index in [0.717, 1.165) is 16.6 Å². The van der Waals surface area contributed by atoms with E-state index < -0.39 is 4.92 Å². The number of rotatable bonds is 5. The topological polar surface area (TPSA) is 77.1 Å². The Morgan fingerprint density at radius 3 is 2.48 bits per heavy atom. The molecule has 166 valence electrons. The van der Waals surface area contributed by atoms with Crippen LogP contribution in [0.15, 0.2) is 72.9 Å². The largest absolute Gasteiger partial charge is 0.378 e. The van der Waals surface area contributed by atoms with Crippen molar-refractivity contribution in [2.75, 3.05) is 31.2 Å². The Morgan fingerprint density at radius 1 is 1.00 bits per heavy atom. The number of nitrogens with zero attached hydrogens (tertiary/aromatic N) is 3. The van der Waals surface area contributed by atoms with Gasteiger partial charge in [-0.15, -0.1) is 0 Å². The standard InChI is InChI=1S/C25H20ClN3O4/c26-19-7-4-17(5-8-19)21-16-20-3-1-2-10-28(20)24(21)25(30)18-6-9-22(23(15-18)29(31)32)27-11-13-33-14-12-27/h1-10,15-16H,11-14H2. The van der Waals surface area contributed by atoms with Crippen molar-refractivity contribution >= 4 is 34.3 Å². The molecule has 7 nitrogen and oxygen atoms in total. The Balaban J connectivity index is 1.63. The Labute approximate surface area is 194 Å². The molecular formula is C25H20ClN3O4. The number of hydrogen-bond donors (Lipinski definition) is 0. The van der Waals surface area contributed by atoms with Gasteiger partial charge in [0, 0.05) is 47.0 Å². The monoisotopic (exact) mass is 461 g/mol. The summed E-state index contributed by atoms with van der Waals surface area (Å²) in [4.78, 5) is 27.1. The zero-order valence-electron chi connectivity index (χ0n) is 17.6. The number of fused-ring (bicyclic) bond motifs is 1. The highest BCUT2D eigenvalue weighted by Crippen LogP contribution is 2.34. The number of ether oxygens (including phenoxy) is 1. The zero-order chi connectivity index (χ0) is 22.9. The predicted octanol–water partition coefficient (Wildman–Crippen LogP) is 5.24. The lowest BCUT2D eigenvalue weighted by Gasteiger charge is -2.28. The van der Waals surface area contributed by atoms with Gasteiger partial charge in [0.15, 0.2) is 0 Å². The summed E-state index contributed by atoms with van der Waals surface area (Å²) in [6.45, 7) is 2.16. The molecule has 0 aliphatic carbocycles. The maximum absolute atomic E-state index is 13.7. The van der Waals surface area contributed by atoms with E-state index in [-0.39, 0.29) is 17.0 Å². The number of nitro groups is 1. The normalized spacial score (nSPS) is 13.9. The van der Waals surface area contributed by atoms with Crippen LogP contribution in [0.25, 0.3) is 16.6 Å². The lowest BCUT2D eigenvalue weighted by atomic mass is 9.99. The molecule has 0 saturated carbocycles. The molecule has 8 heteroatoms. The van der Waals surface area contributed by atoms with E-state index in [4.69, 9.17) is 16.3 Å². The number of anilines is 1. The number of aromatic nitrogens is 1. The fraction of sp³-hybridized carbons (Fsp3) is 0.160. The van der Waals surface area contributed by atoms with Crippen LogP contribution in [0, 0.1) is 10.1 Å². The van der Waals surface area contributed by atoms with Crippen LogP contribution >= 0.6 is 11.6 Å². The molecule has 1 saturated heterocycles. The van der Waals surface area contributed by atoms with Gasteiger partial charge in [0.25, 0.3) is 5.69 Å². The van der Waals surface area contributed by atoms with E-state index in [1.54, 1.807) is 24.3 Å². The quantitative estimate of drug-likeness (QED) is 0.231. The number of nitro benzene ring substituents is 1. The van der Waals surface area contributed by atoms with E-state index in [9.17, 15) is 14.9 Å². The van der Waals surface area contributed by atoms with Crippen molar-refractivity contribution in [3.63, 3.8) is 0 Å². The lowest BCUT2D eigenvalue weighted by Crippen LogP contribution is -2.36. The number of carbonyl (C=O) groups is 1. The van der Waals surface area contributed by atoms with Crippen LogP contribution in [-0.2, 0) is 4.74 Å². The fourth-order valence-corrected chi connectivity index (χ4v) is 4.35. The van der Waals surface area contributed by atoms with Crippen molar-refractivity contribution in [3.05, 3.63) is 99.3 Å². The molecule has 33 heavy (non-hydrogen) atoms. The molecular weight excluding hydrogens is 442 g/mol. The number of morpholine rings is 1. The number of benzene rings is 2. The van der Waals surface area contributed by atoms with Gasteiger partial charge in [-0.2, -0.15) is 0 Å². The third kappa shape index (κ3) is 3.97. The van der Waals surface area contributed by atoms with Gasteiger partial charge in [0.2, 0.25) is 5.78 Å². The number of ketones is 1. The molecule has 0 bridgehead atoms. The van der Waals surface area contributed by atoms with Gasteiger partial charge in [-0.25, -0.2) is 0 Å². The van der Waals surface area contributed by atoms with E-state index in [1.807, 2.05) is 51.9 Å². The molecule has 0 unspecified atom stereocenters. The summed E-state index contributed by atoms with van der Waals surface area (Å²) in [7, 11) is 0. The van der Waals surface area contributed by atoms with Gasteiger partial charge in [0.05, 0.1) is 18.1 Å². The van der Waals surface area contributed by atoms with Crippen LogP contribution in [-0.4, -0.2) is 41.4 Å². The van der Waals surface area contributed by atoms with Crippen molar-refractivity contribution in [1.29, 1.82) is 0 Å². The van der Waals surface area contributed by atoms with Crippen LogP contribution in [0.2, 0.25) is 5.02 Å². The van der Waals surface area contributed by atoms with Crippen LogP contribution in [0.5, 0.6) is 0 Å². The summed E-state index contributed by atoms with van der Waals surface area (Å²) >= 11 is 6.05. The van der Waals surface area contributed by atoms with E-state index in [0.29, 0.717) is 42.7 Å². The third-order valence-electron chi connectivity index (χ3n) is 5.84. The molecule has 2 aromatic carbocycles. The van der Waals surface area contributed by atoms with Crippen molar-refractivity contribution in [3.8, 4) is 11.1 Å². The summed E-state index contributed by atoms with van der Waals surface area (Å²) < 4.78 is 7.17. The number of carbonyl (C=O) groups excluding carboxylic acids is 1. The number of halogens is 1. The first-order valence-electron chi connectivity index (χ1n) is 10.5. The first-order valence-corrected chi connectivity index (χ1v) is 10.9. The smallest absolute Gasteiger partial charge is 0.293 e. The Hall–Kier alpha value is -3.68. The molecule has 0 spiro atoms. The molecule has 5 rings (SSSR count). The molecule has 3 heterocycles. The van der Waals surface area contributed by atoms with Crippen molar-refractivity contribution < 1.29 is 14.5 Å². The lowest BCUT2D eigenvalue weighted by molar-refractivity contribution is -0.384. The van der Waals surface area contributed by atoms with Crippen LogP contribution < -0.4 is 4.90 Å². The molecule has 2 aromatic heterocycles. The molecule has 4 aromatic rings. The van der Waals surface area contributed by atoms with Gasteiger partial charge < -0.3 is 14.0 Å². The molecule has 1 aliphatic rings. The molecule has 1 fully saturated rings. The number of hydrogen-bond acceptors (Lipinski definition) is 5. The van der Waals surface area contributed by atoms with E-state index in [1.165, 1.54) is 6.07 Å².